The highest BCUT2D eigenvalue weighted by atomic mass is 19.1. The highest BCUT2D eigenvalue weighted by Gasteiger charge is 2.50. The summed E-state index contributed by atoms with van der Waals surface area (Å²) < 4.78 is 24.2. The molecule has 2 aromatic rings. The summed E-state index contributed by atoms with van der Waals surface area (Å²) in [6, 6.07) is 10.0. The van der Waals surface area contributed by atoms with Gasteiger partial charge in [0.1, 0.15) is 11.4 Å². The Balaban J connectivity index is 1.83. The number of aliphatic hydroxyl groups is 1. The first-order valence-corrected chi connectivity index (χ1v) is 8.54. The summed E-state index contributed by atoms with van der Waals surface area (Å²) >= 11 is 0. The van der Waals surface area contributed by atoms with Crippen molar-refractivity contribution < 1.29 is 19.0 Å². The molecule has 0 saturated carbocycles. The Morgan fingerprint density at radius 3 is 2.44 bits per heavy atom. The number of halogens is 1. The molecule has 4 rings (SSSR count). The fourth-order valence-electron chi connectivity index (χ4n) is 4.29. The Morgan fingerprint density at radius 1 is 1.08 bits per heavy atom. The fraction of sp³-hybridized carbons (Fsp3) is 0.400. The van der Waals surface area contributed by atoms with Gasteiger partial charge in [0.2, 0.25) is 0 Å². The van der Waals surface area contributed by atoms with Gasteiger partial charge in [-0.1, -0.05) is 12.1 Å². The van der Waals surface area contributed by atoms with Gasteiger partial charge in [-0.2, -0.15) is 0 Å². The minimum Gasteiger partial charge on any atom is -0.493 e. The molecule has 0 aliphatic carbocycles. The Kier molecular flexibility index (Phi) is 3.93. The Hall–Kier alpha value is -2.11. The normalized spacial score (nSPS) is 25.4. The van der Waals surface area contributed by atoms with Crippen LogP contribution < -0.4 is 9.47 Å². The zero-order chi connectivity index (χ0) is 17.6. The number of ether oxygens (including phenoxy) is 2. The molecule has 132 valence electrons. The quantitative estimate of drug-likeness (QED) is 0.930. The average molecular weight is 343 g/mol. The third-order valence-corrected chi connectivity index (χ3v) is 5.55. The number of methoxy groups -OCH3 is 2. The largest absolute Gasteiger partial charge is 0.493 e. The second-order valence-corrected chi connectivity index (χ2v) is 6.78. The molecule has 5 heteroatoms. The van der Waals surface area contributed by atoms with E-state index in [-0.39, 0.29) is 11.9 Å². The number of hydrogen-bond donors (Lipinski definition) is 1. The summed E-state index contributed by atoms with van der Waals surface area (Å²) in [4.78, 5) is 2.30. The van der Waals surface area contributed by atoms with Gasteiger partial charge in [-0.3, -0.25) is 4.90 Å². The summed E-state index contributed by atoms with van der Waals surface area (Å²) in [6.07, 6.45) is 1.53. The van der Waals surface area contributed by atoms with Crippen LogP contribution in [0.1, 0.15) is 29.2 Å². The molecule has 0 radical (unpaired) electrons. The monoisotopic (exact) mass is 343 g/mol. The van der Waals surface area contributed by atoms with Crippen molar-refractivity contribution in [1.82, 2.24) is 4.90 Å². The van der Waals surface area contributed by atoms with Gasteiger partial charge in [-0.15, -0.1) is 0 Å². The smallest absolute Gasteiger partial charge is 0.161 e. The van der Waals surface area contributed by atoms with E-state index in [9.17, 15) is 9.50 Å². The molecule has 2 aliphatic heterocycles. The maximum Gasteiger partial charge on any atom is 0.161 e. The van der Waals surface area contributed by atoms with Crippen molar-refractivity contribution in [1.29, 1.82) is 0 Å². The van der Waals surface area contributed by atoms with E-state index in [1.807, 2.05) is 12.1 Å². The summed E-state index contributed by atoms with van der Waals surface area (Å²) in [5.41, 5.74) is 1.95. The van der Waals surface area contributed by atoms with Crippen LogP contribution in [-0.2, 0) is 12.0 Å². The Bertz CT molecular complexity index is 792. The van der Waals surface area contributed by atoms with Gasteiger partial charge in [0.15, 0.2) is 11.5 Å². The van der Waals surface area contributed by atoms with E-state index in [2.05, 4.69) is 4.90 Å². The molecule has 2 aromatic carbocycles. The van der Waals surface area contributed by atoms with E-state index in [1.165, 1.54) is 17.7 Å². The summed E-state index contributed by atoms with van der Waals surface area (Å²) in [5, 5.41) is 11.5. The van der Waals surface area contributed by atoms with E-state index in [0.717, 1.165) is 30.6 Å². The molecule has 0 unspecified atom stereocenters. The van der Waals surface area contributed by atoms with Crippen molar-refractivity contribution in [2.24, 2.45) is 0 Å². The van der Waals surface area contributed by atoms with Crippen LogP contribution >= 0.6 is 0 Å². The van der Waals surface area contributed by atoms with Crippen LogP contribution in [0.5, 0.6) is 11.5 Å². The van der Waals surface area contributed by atoms with Crippen LogP contribution in [0, 0.1) is 5.82 Å². The molecule has 4 nitrogen and oxygen atoms in total. The van der Waals surface area contributed by atoms with Crippen LogP contribution in [0.15, 0.2) is 36.4 Å². The van der Waals surface area contributed by atoms with E-state index in [4.69, 9.17) is 9.47 Å². The molecule has 0 bridgehead atoms. The molecular weight excluding hydrogens is 321 g/mol. The number of rotatable bonds is 3. The summed E-state index contributed by atoms with van der Waals surface area (Å²) in [6.45, 7) is 1.70. The minimum atomic E-state index is -1.04. The van der Waals surface area contributed by atoms with Crippen molar-refractivity contribution in [2.45, 2.75) is 24.5 Å². The lowest BCUT2D eigenvalue weighted by atomic mass is 9.79. The zero-order valence-corrected chi connectivity index (χ0v) is 14.5. The molecule has 2 aliphatic rings. The molecular formula is C20H22FNO3. The highest BCUT2D eigenvalue weighted by Crippen LogP contribution is 2.51. The Labute approximate surface area is 146 Å². The molecule has 2 atom stereocenters. The van der Waals surface area contributed by atoms with Crippen molar-refractivity contribution in [3.05, 3.63) is 58.9 Å². The van der Waals surface area contributed by atoms with Crippen molar-refractivity contribution >= 4 is 0 Å². The maximum absolute atomic E-state index is 13.3. The van der Waals surface area contributed by atoms with Crippen LogP contribution in [0.25, 0.3) is 0 Å². The van der Waals surface area contributed by atoms with Gasteiger partial charge >= 0.3 is 0 Å². The Morgan fingerprint density at radius 2 is 1.76 bits per heavy atom. The SMILES string of the molecule is COc1cc2c(cc1OC)[C@H]1N(CC2)CC[C@]1(O)c1ccc(F)cc1. The number of hydrogen-bond acceptors (Lipinski definition) is 4. The van der Waals surface area contributed by atoms with Gasteiger partial charge in [0, 0.05) is 13.1 Å². The van der Waals surface area contributed by atoms with Gasteiger partial charge in [0.05, 0.1) is 20.3 Å². The van der Waals surface area contributed by atoms with Crippen LogP contribution in [-0.4, -0.2) is 37.3 Å². The van der Waals surface area contributed by atoms with Gasteiger partial charge in [-0.05, 0) is 53.8 Å². The molecule has 1 saturated heterocycles. The van der Waals surface area contributed by atoms with Gasteiger partial charge < -0.3 is 14.6 Å². The van der Waals surface area contributed by atoms with E-state index >= 15 is 0 Å². The minimum absolute atomic E-state index is 0.165. The number of benzene rings is 2. The van der Waals surface area contributed by atoms with Crippen molar-refractivity contribution in [2.75, 3.05) is 27.3 Å². The summed E-state index contributed by atoms with van der Waals surface area (Å²) in [5.74, 6) is 1.08. The molecule has 2 heterocycles. The predicted molar refractivity (Wildman–Crippen MR) is 92.5 cm³/mol. The molecule has 0 amide bonds. The maximum atomic E-state index is 13.3. The molecule has 1 fully saturated rings. The van der Waals surface area contributed by atoms with Gasteiger partial charge in [-0.25, -0.2) is 4.39 Å². The number of nitrogens with zero attached hydrogens (tertiary/aromatic N) is 1. The van der Waals surface area contributed by atoms with Crippen molar-refractivity contribution in [3.8, 4) is 11.5 Å². The van der Waals surface area contributed by atoms with Gasteiger partial charge in [0.25, 0.3) is 0 Å². The number of fused-ring (bicyclic) bond motifs is 3. The summed E-state index contributed by atoms with van der Waals surface area (Å²) in [7, 11) is 3.25. The second-order valence-electron chi connectivity index (χ2n) is 6.78. The molecule has 0 spiro atoms. The average Bonchev–Trinajstić information content (AvgIpc) is 2.99. The first kappa shape index (κ1) is 16.4. The van der Waals surface area contributed by atoms with E-state index in [1.54, 1.807) is 26.4 Å². The fourth-order valence-corrected chi connectivity index (χ4v) is 4.29. The van der Waals surface area contributed by atoms with Crippen LogP contribution in [0.3, 0.4) is 0 Å². The van der Waals surface area contributed by atoms with Crippen LogP contribution in [0.4, 0.5) is 4.39 Å². The lowest BCUT2D eigenvalue weighted by Gasteiger charge is -2.39. The molecule has 1 N–H and O–H groups in total. The second kappa shape index (κ2) is 6.00. The first-order valence-electron chi connectivity index (χ1n) is 8.54. The van der Waals surface area contributed by atoms with Crippen molar-refractivity contribution in [3.63, 3.8) is 0 Å². The third-order valence-electron chi connectivity index (χ3n) is 5.55. The zero-order valence-electron chi connectivity index (χ0n) is 14.5. The lowest BCUT2D eigenvalue weighted by molar-refractivity contribution is -0.00590. The lowest BCUT2D eigenvalue weighted by Crippen LogP contribution is -2.39. The van der Waals surface area contributed by atoms with Crippen LogP contribution in [0.2, 0.25) is 0 Å². The molecule has 25 heavy (non-hydrogen) atoms. The third kappa shape index (κ3) is 2.50. The standard InChI is InChI=1S/C20H22FNO3/c1-24-17-11-13-7-9-22-10-8-20(23,14-3-5-15(21)6-4-14)19(22)16(13)12-18(17)25-2/h3-6,11-12,19,23H,7-10H2,1-2H3/t19-,20+/m1/s1. The van der Waals surface area contributed by atoms with E-state index < -0.39 is 5.60 Å². The topological polar surface area (TPSA) is 41.9 Å². The van der Waals surface area contributed by atoms with E-state index in [0.29, 0.717) is 17.9 Å². The molecule has 0 aromatic heterocycles. The first-order chi connectivity index (χ1) is 12.1. The highest BCUT2D eigenvalue weighted by molar-refractivity contribution is 5.51. The predicted octanol–water partition coefficient (Wildman–Crippen LogP) is 3.03.